The lowest BCUT2D eigenvalue weighted by Crippen LogP contribution is -2.20. The van der Waals surface area contributed by atoms with Crippen LogP contribution in [0.15, 0.2) is 18.2 Å². The Morgan fingerprint density at radius 3 is 2.43 bits per heavy atom. The summed E-state index contributed by atoms with van der Waals surface area (Å²) < 4.78 is 0. The number of aryl methyl sites for hydroxylation is 1. The largest absolute Gasteiger partial charge is 0.508 e. The number of phenols is 1. The summed E-state index contributed by atoms with van der Waals surface area (Å²) in [6, 6.07) is 5.51. The molecule has 0 aromatic heterocycles. The van der Waals surface area contributed by atoms with Gasteiger partial charge in [-0.1, -0.05) is 26.0 Å². The Balaban J connectivity index is 3.17. The van der Waals surface area contributed by atoms with Gasteiger partial charge in [-0.2, -0.15) is 0 Å². The maximum Gasteiger partial charge on any atom is 0.119 e. The number of hydrogen-bond acceptors (Lipinski definition) is 2. The van der Waals surface area contributed by atoms with E-state index in [2.05, 4.69) is 0 Å². The fourth-order valence-electron chi connectivity index (χ4n) is 1.94. The Morgan fingerprint density at radius 1 is 1.29 bits per heavy atom. The number of benzene rings is 1. The number of aromatic hydroxyl groups is 1. The van der Waals surface area contributed by atoms with Crippen LogP contribution in [0, 0.1) is 6.92 Å². The van der Waals surface area contributed by atoms with E-state index in [9.17, 15) is 5.11 Å². The molecule has 0 saturated carbocycles. The predicted octanol–water partition coefficient (Wildman–Crippen LogP) is 2.36. The molecule has 0 heterocycles. The maximum atomic E-state index is 9.77. The molecule has 0 fully saturated rings. The van der Waals surface area contributed by atoms with E-state index in [1.54, 1.807) is 6.07 Å². The van der Waals surface area contributed by atoms with Crippen LogP contribution in [0.4, 0.5) is 0 Å². The summed E-state index contributed by atoms with van der Waals surface area (Å²) in [6.45, 7) is 6.19. The monoisotopic (exact) mass is 194 g/mol. The third-order valence-corrected chi connectivity index (χ3v) is 2.66. The molecule has 14 heavy (non-hydrogen) atoms. The van der Waals surface area contributed by atoms with Gasteiger partial charge in [0.05, 0.1) is 0 Å². The van der Waals surface area contributed by atoms with E-state index in [1.165, 1.54) is 0 Å². The molecule has 0 atom stereocenters. The minimum absolute atomic E-state index is 0.140. The molecule has 0 unspecified atom stereocenters. The molecule has 0 bridgehead atoms. The number of aliphatic hydroxyl groups excluding tert-OH is 1. The van der Waals surface area contributed by atoms with Gasteiger partial charge in [-0.3, -0.25) is 0 Å². The molecule has 1 aromatic rings. The number of aliphatic hydroxyl groups is 1. The molecule has 0 spiro atoms. The molecular weight excluding hydrogens is 176 g/mol. The first kappa shape index (κ1) is 11.1. The summed E-state index contributed by atoms with van der Waals surface area (Å²) in [7, 11) is 0. The van der Waals surface area contributed by atoms with Crippen LogP contribution in [-0.4, -0.2) is 16.8 Å². The highest BCUT2D eigenvalue weighted by atomic mass is 16.3. The van der Waals surface area contributed by atoms with Crippen LogP contribution in [0.2, 0.25) is 0 Å². The van der Waals surface area contributed by atoms with Gasteiger partial charge in [-0.25, -0.2) is 0 Å². The second-order valence-electron chi connectivity index (χ2n) is 4.33. The quantitative estimate of drug-likeness (QED) is 0.775. The first-order valence-electron chi connectivity index (χ1n) is 4.89. The van der Waals surface area contributed by atoms with Gasteiger partial charge in [0.25, 0.3) is 0 Å². The topological polar surface area (TPSA) is 40.5 Å². The minimum Gasteiger partial charge on any atom is -0.508 e. The van der Waals surface area contributed by atoms with Crippen molar-refractivity contribution in [3.05, 3.63) is 29.3 Å². The van der Waals surface area contributed by atoms with Crippen molar-refractivity contribution in [1.29, 1.82) is 0 Å². The third-order valence-electron chi connectivity index (χ3n) is 2.66. The molecule has 2 heteroatoms. The molecular formula is C12H18O2. The zero-order valence-corrected chi connectivity index (χ0v) is 9.04. The van der Waals surface area contributed by atoms with Gasteiger partial charge < -0.3 is 10.2 Å². The fourth-order valence-corrected chi connectivity index (χ4v) is 1.94. The lowest BCUT2D eigenvalue weighted by molar-refractivity contribution is 0.250. The molecule has 0 aliphatic heterocycles. The average molecular weight is 194 g/mol. The highest BCUT2D eigenvalue weighted by Crippen LogP contribution is 2.35. The van der Waals surface area contributed by atoms with Gasteiger partial charge in [-0.15, -0.1) is 0 Å². The Kier molecular flexibility index (Phi) is 3.17. The molecule has 1 aromatic carbocycles. The second-order valence-corrected chi connectivity index (χ2v) is 4.33. The Hall–Kier alpha value is -1.02. The second kappa shape index (κ2) is 4.01. The molecule has 0 saturated heterocycles. The zero-order chi connectivity index (χ0) is 10.8. The molecule has 2 N–H and O–H groups in total. The van der Waals surface area contributed by atoms with E-state index in [4.69, 9.17) is 5.11 Å². The number of rotatable bonds is 3. The highest BCUT2D eigenvalue weighted by molar-refractivity contribution is 5.43. The van der Waals surface area contributed by atoms with E-state index in [0.29, 0.717) is 12.2 Å². The van der Waals surface area contributed by atoms with Crippen molar-refractivity contribution in [2.45, 2.75) is 32.6 Å². The summed E-state index contributed by atoms with van der Waals surface area (Å²) in [6.07, 6.45) is 0.658. The van der Waals surface area contributed by atoms with E-state index >= 15 is 0 Å². The highest BCUT2D eigenvalue weighted by Gasteiger charge is 2.24. The van der Waals surface area contributed by atoms with E-state index in [0.717, 1.165) is 11.1 Å². The van der Waals surface area contributed by atoms with Crippen LogP contribution in [0.3, 0.4) is 0 Å². The molecule has 0 radical (unpaired) electrons. The predicted molar refractivity (Wildman–Crippen MR) is 57.6 cm³/mol. The van der Waals surface area contributed by atoms with Crippen LogP contribution in [0.5, 0.6) is 5.75 Å². The molecule has 0 amide bonds. The van der Waals surface area contributed by atoms with Crippen LogP contribution in [0.1, 0.15) is 31.4 Å². The van der Waals surface area contributed by atoms with Crippen molar-refractivity contribution in [3.63, 3.8) is 0 Å². The standard InChI is InChI=1S/C12H18O2/c1-9-5-4-6-10(14)11(9)12(2,3)7-8-13/h4-6,13-14H,7-8H2,1-3H3. The summed E-state index contributed by atoms with van der Waals surface area (Å²) in [5.74, 6) is 0.323. The van der Waals surface area contributed by atoms with Gasteiger partial charge in [0.15, 0.2) is 0 Å². The molecule has 0 aliphatic rings. The summed E-state index contributed by atoms with van der Waals surface area (Å²) in [4.78, 5) is 0. The van der Waals surface area contributed by atoms with Gasteiger partial charge in [0.2, 0.25) is 0 Å². The summed E-state index contributed by atoms with van der Waals surface area (Å²) >= 11 is 0. The maximum absolute atomic E-state index is 9.77. The summed E-state index contributed by atoms with van der Waals surface area (Å²) in [5, 5.41) is 18.7. The number of phenolic OH excluding ortho intramolecular Hbond substituents is 1. The van der Waals surface area contributed by atoms with Gasteiger partial charge in [0, 0.05) is 12.2 Å². The Morgan fingerprint density at radius 2 is 1.93 bits per heavy atom. The summed E-state index contributed by atoms with van der Waals surface area (Å²) in [5.41, 5.74) is 1.84. The van der Waals surface area contributed by atoms with Crippen molar-refractivity contribution < 1.29 is 10.2 Å². The number of hydrogen-bond donors (Lipinski definition) is 2. The molecule has 0 aliphatic carbocycles. The fraction of sp³-hybridized carbons (Fsp3) is 0.500. The van der Waals surface area contributed by atoms with Crippen molar-refractivity contribution in [1.82, 2.24) is 0 Å². The third kappa shape index (κ3) is 2.07. The van der Waals surface area contributed by atoms with Crippen molar-refractivity contribution in [2.24, 2.45) is 0 Å². The van der Waals surface area contributed by atoms with Crippen molar-refractivity contribution in [3.8, 4) is 5.75 Å². The smallest absolute Gasteiger partial charge is 0.119 e. The van der Waals surface area contributed by atoms with E-state index in [1.807, 2.05) is 32.9 Å². The van der Waals surface area contributed by atoms with Gasteiger partial charge >= 0.3 is 0 Å². The normalized spacial score (nSPS) is 11.7. The lowest BCUT2D eigenvalue weighted by atomic mass is 9.79. The van der Waals surface area contributed by atoms with Crippen LogP contribution >= 0.6 is 0 Å². The van der Waals surface area contributed by atoms with Crippen LogP contribution in [-0.2, 0) is 5.41 Å². The SMILES string of the molecule is Cc1cccc(O)c1C(C)(C)CCO. The van der Waals surface area contributed by atoms with Gasteiger partial charge in [-0.05, 0) is 30.4 Å². The van der Waals surface area contributed by atoms with Crippen LogP contribution in [0.25, 0.3) is 0 Å². The Labute approximate surface area is 85.2 Å². The van der Waals surface area contributed by atoms with Crippen molar-refractivity contribution in [2.75, 3.05) is 6.61 Å². The molecule has 2 nitrogen and oxygen atoms in total. The van der Waals surface area contributed by atoms with Gasteiger partial charge in [0.1, 0.15) is 5.75 Å². The molecule has 1 rings (SSSR count). The van der Waals surface area contributed by atoms with Crippen LogP contribution < -0.4 is 0 Å². The van der Waals surface area contributed by atoms with E-state index < -0.39 is 0 Å². The lowest BCUT2D eigenvalue weighted by Gasteiger charge is -2.27. The minimum atomic E-state index is -0.176. The van der Waals surface area contributed by atoms with Crippen molar-refractivity contribution >= 4 is 0 Å². The Bertz CT molecular complexity index is 296. The first-order chi connectivity index (χ1) is 6.49. The zero-order valence-electron chi connectivity index (χ0n) is 9.04. The first-order valence-corrected chi connectivity index (χ1v) is 4.89. The average Bonchev–Trinajstić information content (AvgIpc) is 2.02. The molecule has 78 valence electrons. The van der Waals surface area contributed by atoms with E-state index in [-0.39, 0.29) is 12.0 Å².